The molecule has 0 aliphatic heterocycles. The maximum atomic E-state index is 13.4. The zero-order valence-electron chi connectivity index (χ0n) is 16.3. The first-order chi connectivity index (χ1) is 13.2. The first kappa shape index (κ1) is 19.9. The van der Waals surface area contributed by atoms with Crippen molar-refractivity contribution in [2.24, 2.45) is 0 Å². The van der Waals surface area contributed by atoms with Crippen LogP contribution in [0.1, 0.15) is 69.2 Å². The normalized spacial score (nSPS) is 15.1. The molecule has 1 aliphatic carbocycles. The number of halogens is 1. The van der Waals surface area contributed by atoms with Gasteiger partial charge in [-0.25, -0.2) is 9.97 Å². The predicted octanol–water partition coefficient (Wildman–Crippen LogP) is 5.29. The first-order valence-corrected chi connectivity index (χ1v) is 10.5. The molecule has 2 aromatic heterocycles. The van der Waals surface area contributed by atoms with Crippen molar-refractivity contribution in [3.63, 3.8) is 0 Å². The molecule has 1 amide bonds. The molecule has 6 heteroatoms. The van der Waals surface area contributed by atoms with E-state index in [1.807, 2.05) is 17.0 Å². The number of hydrogen-bond donors (Lipinski definition) is 1. The minimum Gasteiger partial charge on any atom is -0.367 e. The lowest BCUT2D eigenvalue weighted by molar-refractivity contribution is 0.0756. The van der Waals surface area contributed by atoms with Crippen molar-refractivity contribution in [2.75, 3.05) is 18.4 Å². The third-order valence-corrected chi connectivity index (χ3v) is 5.52. The van der Waals surface area contributed by atoms with Crippen LogP contribution >= 0.6 is 11.6 Å². The standard InChI is InChI=1S/C21H29ClN4O/c1-3-13-26(14-4-2)21(27)17-18(22)16-11-8-12-23-19(16)25-20(17)24-15-9-6-5-7-10-15/h8,11-12,15H,3-7,9-10,13-14H2,1-2H3,(H,23,24,25). The Bertz CT molecular complexity index is 783. The van der Waals surface area contributed by atoms with Gasteiger partial charge in [-0.2, -0.15) is 0 Å². The lowest BCUT2D eigenvalue weighted by Gasteiger charge is -2.27. The van der Waals surface area contributed by atoms with Gasteiger partial charge in [0.05, 0.1) is 5.02 Å². The SMILES string of the molecule is CCCN(CCC)C(=O)c1c(NC2CCCCC2)nc2ncccc2c1Cl. The summed E-state index contributed by atoms with van der Waals surface area (Å²) >= 11 is 6.74. The van der Waals surface area contributed by atoms with Crippen LogP contribution in [-0.4, -0.2) is 39.9 Å². The van der Waals surface area contributed by atoms with E-state index in [-0.39, 0.29) is 5.91 Å². The summed E-state index contributed by atoms with van der Waals surface area (Å²) in [5, 5.41) is 4.70. The van der Waals surface area contributed by atoms with Crippen molar-refractivity contribution in [2.45, 2.75) is 64.8 Å². The molecule has 3 rings (SSSR count). The molecule has 1 aliphatic rings. The van der Waals surface area contributed by atoms with E-state index in [0.29, 0.717) is 28.1 Å². The predicted molar refractivity (Wildman–Crippen MR) is 112 cm³/mol. The van der Waals surface area contributed by atoms with Crippen LogP contribution in [0.25, 0.3) is 11.0 Å². The maximum absolute atomic E-state index is 13.4. The highest BCUT2D eigenvalue weighted by Gasteiger charge is 2.26. The molecule has 1 N–H and O–H groups in total. The molecule has 0 aromatic carbocycles. The number of anilines is 1. The summed E-state index contributed by atoms with van der Waals surface area (Å²) in [5.41, 5.74) is 1.07. The number of pyridine rings is 2. The molecule has 0 unspecified atom stereocenters. The fourth-order valence-electron chi connectivity index (χ4n) is 3.81. The minimum atomic E-state index is -0.0414. The largest absolute Gasteiger partial charge is 0.367 e. The van der Waals surface area contributed by atoms with Crippen molar-refractivity contribution >= 4 is 34.4 Å². The van der Waals surface area contributed by atoms with Crippen molar-refractivity contribution in [1.29, 1.82) is 0 Å². The van der Waals surface area contributed by atoms with E-state index in [2.05, 4.69) is 24.1 Å². The average Bonchev–Trinajstić information content (AvgIpc) is 2.68. The highest BCUT2D eigenvalue weighted by Crippen LogP contribution is 2.33. The van der Waals surface area contributed by atoms with E-state index in [1.54, 1.807) is 6.20 Å². The van der Waals surface area contributed by atoms with Gasteiger partial charge in [-0.05, 0) is 37.8 Å². The molecule has 1 saturated carbocycles. The second-order valence-electron chi connectivity index (χ2n) is 7.30. The summed E-state index contributed by atoms with van der Waals surface area (Å²) in [5.74, 6) is 0.542. The molecule has 0 radical (unpaired) electrons. The summed E-state index contributed by atoms with van der Waals surface area (Å²) in [7, 11) is 0. The highest BCUT2D eigenvalue weighted by molar-refractivity contribution is 6.39. The van der Waals surface area contributed by atoms with Gasteiger partial charge in [0.1, 0.15) is 11.4 Å². The van der Waals surface area contributed by atoms with Crippen LogP contribution in [0.4, 0.5) is 5.82 Å². The van der Waals surface area contributed by atoms with E-state index >= 15 is 0 Å². The van der Waals surface area contributed by atoms with Gasteiger partial charge in [-0.1, -0.05) is 44.7 Å². The zero-order valence-corrected chi connectivity index (χ0v) is 17.1. The average molecular weight is 389 g/mol. The van der Waals surface area contributed by atoms with Crippen molar-refractivity contribution in [3.8, 4) is 0 Å². The number of nitrogens with one attached hydrogen (secondary N) is 1. The molecule has 0 bridgehead atoms. The molecular weight excluding hydrogens is 360 g/mol. The van der Waals surface area contributed by atoms with Gasteiger partial charge in [0.25, 0.3) is 5.91 Å². The number of aromatic nitrogens is 2. The Morgan fingerprint density at radius 1 is 1.22 bits per heavy atom. The Morgan fingerprint density at radius 3 is 2.59 bits per heavy atom. The monoisotopic (exact) mass is 388 g/mol. The van der Waals surface area contributed by atoms with Crippen LogP contribution in [0.3, 0.4) is 0 Å². The van der Waals surface area contributed by atoms with Crippen LogP contribution in [0.15, 0.2) is 18.3 Å². The van der Waals surface area contributed by atoms with Gasteiger partial charge >= 0.3 is 0 Å². The summed E-state index contributed by atoms with van der Waals surface area (Å²) < 4.78 is 0. The van der Waals surface area contributed by atoms with E-state index in [0.717, 1.165) is 44.2 Å². The molecule has 0 spiro atoms. The van der Waals surface area contributed by atoms with Gasteiger partial charge in [0.15, 0.2) is 5.65 Å². The Morgan fingerprint density at radius 2 is 1.93 bits per heavy atom. The lowest BCUT2D eigenvalue weighted by Crippen LogP contribution is -2.34. The van der Waals surface area contributed by atoms with Gasteiger partial charge < -0.3 is 10.2 Å². The number of carbonyl (C=O) groups excluding carboxylic acids is 1. The second-order valence-corrected chi connectivity index (χ2v) is 7.67. The van der Waals surface area contributed by atoms with Crippen LogP contribution in [0.5, 0.6) is 0 Å². The number of hydrogen-bond acceptors (Lipinski definition) is 4. The number of carbonyl (C=O) groups is 1. The van der Waals surface area contributed by atoms with Crippen LogP contribution in [-0.2, 0) is 0 Å². The molecule has 27 heavy (non-hydrogen) atoms. The molecule has 0 atom stereocenters. The van der Waals surface area contributed by atoms with Crippen molar-refractivity contribution in [1.82, 2.24) is 14.9 Å². The van der Waals surface area contributed by atoms with Gasteiger partial charge in [0, 0.05) is 30.7 Å². The number of rotatable bonds is 7. The van der Waals surface area contributed by atoms with Gasteiger partial charge in [-0.15, -0.1) is 0 Å². The fourth-order valence-corrected chi connectivity index (χ4v) is 4.13. The van der Waals surface area contributed by atoms with Crippen LogP contribution < -0.4 is 5.32 Å². The summed E-state index contributed by atoms with van der Waals surface area (Å²) in [4.78, 5) is 24.3. The molecule has 5 nitrogen and oxygen atoms in total. The molecule has 0 saturated heterocycles. The van der Waals surface area contributed by atoms with E-state index in [9.17, 15) is 4.79 Å². The lowest BCUT2D eigenvalue weighted by atomic mass is 9.95. The smallest absolute Gasteiger partial charge is 0.259 e. The molecule has 1 fully saturated rings. The van der Waals surface area contributed by atoms with Crippen molar-refractivity contribution in [3.05, 3.63) is 28.9 Å². The Hall–Kier alpha value is -1.88. The number of fused-ring (bicyclic) bond motifs is 1. The minimum absolute atomic E-state index is 0.0414. The van der Waals surface area contributed by atoms with E-state index < -0.39 is 0 Å². The summed E-state index contributed by atoms with van der Waals surface area (Å²) in [6, 6.07) is 4.04. The molecule has 2 aromatic rings. The van der Waals surface area contributed by atoms with E-state index in [4.69, 9.17) is 16.6 Å². The third-order valence-electron chi connectivity index (χ3n) is 5.13. The first-order valence-electron chi connectivity index (χ1n) is 10.2. The van der Waals surface area contributed by atoms with Crippen LogP contribution in [0, 0.1) is 0 Å². The number of nitrogens with zero attached hydrogens (tertiary/aromatic N) is 3. The third kappa shape index (κ3) is 4.52. The Labute approximate surface area is 166 Å². The summed E-state index contributed by atoms with van der Waals surface area (Å²) in [6.45, 7) is 5.61. The topological polar surface area (TPSA) is 58.1 Å². The molecular formula is C21H29ClN4O. The van der Waals surface area contributed by atoms with Gasteiger partial charge in [-0.3, -0.25) is 4.79 Å². The number of amides is 1. The quantitative estimate of drug-likeness (QED) is 0.700. The van der Waals surface area contributed by atoms with E-state index in [1.165, 1.54) is 19.3 Å². The van der Waals surface area contributed by atoms with Crippen molar-refractivity contribution < 1.29 is 4.79 Å². The maximum Gasteiger partial charge on any atom is 0.259 e. The fraction of sp³-hybridized carbons (Fsp3) is 0.571. The molecule has 2 heterocycles. The van der Waals surface area contributed by atoms with Crippen LogP contribution in [0.2, 0.25) is 5.02 Å². The molecule has 146 valence electrons. The van der Waals surface area contributed by atoms with Gasteiger partial charge in [0.2, 0.25) is 0 Å². The second kappa shape index (κ2) is 9.36. The summed E-state index contributed by atoms with van der Waals surface area (Å²) in [6.07, 6.45) is 9.42. The Balaban J connectivity index is 2.05. The zero-order chi connectivity index (χ0) is 19.2. The Kier molecular flexibility index (Phi) is 6.89. The highest BCUT2D eigenvalue weighted by atomic mass is 35.5.